The molecule has 0 aliphatic rings. The van der Waals surface area contributed by atoms with Gasteiger partial charge in [0.2, 0.25) is 5.91 Å². The first-order valence-electron chi connectivity index (χ1n) is 7.86. The van der Waals surface area contributed by atoms with Crippen LogP contribution in [-0.4, -0.2) is 24.5 Å². The first-order chi connectivity index (χ1) is 11.1. The molecule has 0 aromatic heterocycles. The van der Waals surface area contributed by atoms with E-state index in [4.69, 9.17) is 10.5 Å². The summed E-state index contributed by atoms with van der Waals surface area (Å²) in [7, 11) is 1.80. The van der Waals surface area contributed by atoms with Crippen LogP contribution in [0.4, 0.5) is 0 Å². The Balaban J connectivity index is 0.00000288. The molecule has 0 aliphatic carbocycles. The summed E-state index contributed by atoms with van der Waals surface area (Å²) in [5.41, 5.74) is 8.17. The fourth-order valence-corrected chi connectivity index (χ4v) is 2.38. The van der Waals surface area contributed by atoms with Crippen molar-refractivity contribution in [2.75, 3.05) is 13.7 Å². The highest BCUT2D eigenvalue weighted by atomic mass is 35.5. The molecule has 1 amide bonds. The number of ether oxygens (including phenoxy) is 1. The molecule has 0 aliphatic heterocycles. The predicted molar refractivity (Wildman–Crippen MR) is 99.3 cm³/mol. The molecule has 0 radical (unpaired) electrons. The molecule has 0 spiro atoms. The second-order valence-corrected chi connectivity index (χ2v) is 5.55. The summed E-state index contributed by atoms with van der Waals surface area (Å²) < 4.78 is 5.42. The second-order valence-electron chi connectivity index (χ2n) is 5.55. The second kappa shape index (κ2) is 9.96. The summed E-state index contributed by atoms with van der Waals surface area (Å²) >= 11 is 0. The molecule has 2 N–H and O–H groups in total. The van der Waals surface area contributed by atoms with E-state index in [0.29, 0.717) is 19.6 Å². The van der Waals surface area contributed by atoms with Gasteiger partial charge in [0.05, 0.1) is 6.61 Å². The summed E-state index contributed by atoms with van der Waals surface area (Å²) in [6.07, 6.45) is 0.303. The van der Waals surface area contributed by atoms with E-state index >= 15 is 0 Å². The quantitative estimate of drug-likeness (QED) is 0.832. The fourth-order valence-electron chi connectivity index (χ4n) is 2.38. The Labute approximate surface area is 150 Å². The van der Waals surface area contributed by atoms with Gasteiger partial charge in [-0.25, -0.2) is 0 Å². The maximum absolute atomic E-state index is 12.3. The molecule has 2 rings (SSSR count). The standard InChI is InChI=1S/C19H24N2O2.ClH/c1-3-23-17-11-9-15(10-12-17)14-21(2)19(22)13-18(20)16-7-5-4-6-8-16;/h4-12,18H,3,13-14,20H2,1-2H3;1H. The van der Waals surface area contributed by atoms with Gasteiger partial charge in [0.25, 0.3) is 0 Å². The Kier molecular flexibility index (Phi) is 8.30. The van der Waals surface area contributed by atoms with Crippen LogP contribution in [0.5, 0.6) is 5.75 Å². The average Bonchev–Trinajstić information content (AvgIpc) is 2.57. The number of nitrogens with zero attached hydrogens (tertiary/aromatic N) is 1. The molecule has 5 heteroatoms. The average molecular weight is 349 g/mol. The number of carbonyl (C=O) groups is 1. The molecule has 0 heterocycles. The van der Waals surface area contributed by atoms with Crippen LogP contribution in [0, 0.1) is 0 Å². The van der Waals surface area contributed by atoms with E-state index in [1.165, 1.54) is 0 Å². The highest BCUT2D eigenvalue weighted by Crippen LogP contribution is 2.16. The summed E-state index contributed by atoms with van der Waals surface area (Å²) in [6, 6.07) is 17.2. The van der Waals surface area contributed by atoms with Crippen LogP contribution in [0.3, 0.4) is 0 Å². The summed E-state index contributed by atoms with van der Waals surface area (Å²) in [5, 5.41) is 0. The molecule has 0 saturated carbocycles. The number of rotatable bonds is 7. The van der Waals surface area contributed by atoms with E-state index in [1.54, 1.807) is 11.9 Å². The van der Waals surface area contributed by atoms with Crippen LogP contribution in [0.1, 0.15) is 30.5 Å². The summed E-state index contributed by atoms with van der Waals surface area (Å²) in [4.78, 5) is 14.0. The molecule has 1 atom stereocenters. The largest absolute Gasteiger partial charge is 0.494 e. The molecular formula is C19H25ClN2O2. The topological polar surface area (TPSA) is 55.6 Å². The lowest BCUT2D eigenvalue weighted by Crippen LogP contribution is -2.29. The van der Waals surface area contributed by atoms with Crippen molar-refractivity contribution in [2.45, 2.75) is 25.9 Å². The molecule has 4 nitrogen and oxygen atoms in total. The van der Waals surface area contributed by atoms with Crippen LogP contribution in [0.25, 0.3) is 0 Å². The van der Waals surface area contributed by atoms with Crippen LogP contribution in [0.2, 0.25) is 0 Å². The summed E-state index contributed by atoms with van der Waals surface area (Å²) in [6.45, 7) is 3.16. The van der Waals surface area contributed by atoms with Crippen molar-refractivity contribution in [3.8, 4) is 5.75 Å². The molecule has 2 aromatic carbocycles. The van der Waals surface area contributed by atoms with E-state index in [9.17, 15) is 4.79 Å². The van der Waals surface area contributed by atoms with E-state index in [1.807, 2.05) is 61.5 Å². The maximum Gasteiger partial charge on any atom is 0.224 e. The van der Waals surface area contributed by atoms with Crippen molar-refractivity contribution in [2.24, 2.45) is 5.73 Å². The Morgan fingerprint density at radius 3 is 2.33 bits per heavy atom. The normalized spacial score (nSPS) is 11.3. The van der Waals surface area contributed by atoms with Gasteiger partial charge in [0.15, 0.2) is 0 Å². The van der Waals surface area contributed by atoms with Crippen molar-refractivity contribution < 1.29 is 9.53 Å². The minimum Gasteiger partial charge on any atom is -0.494 e. The zero-order chi connectivity index (χ0) is 16.7. The summed E-state index contributed by atoms with van der Waals surface area (Å²) in [5.74, 6) is 0.881. The third-order valence-electron chi connectivity index (χ3n) is 3.70. The lowest BCUT2D eigenvalue weighted by atomic mass is 10.0. The fraction of sp³-hybridized carbons (Fsp3) is 0.316. The minimum absolute atomic E-state index is 0. The Bertz CT molecular complexity index is 617. The minimum atomic E-state index is -0.272. The first kappa shape index (κ1) is 20.0. The van der Waals surface area contributed by atoms with E-state index in [-0.39, 0.29) is 24.4 Å². The van der Waals surface area contributed by atoms with E-state index < -0.39 is 0 Å². The monoisotopic (exact) mass is 348 g/mol. The van der Waals surface area contributed by atoms with Crippen molar-refractivity contribution >= 4 is 18.3 Å². The predicted octanol–water partition coefficient (Wildman–Crippen LogP) is 3.56. The Morgan fingerprint density at radius 2 is 1.75 bits per heavy atom. The van der Waals surface area contributed by atoms with E-state index in [0.717, 1.165) is 16.9 Å². The number of hydrogen-bond acceptors (Lipinski definition) is 3. The third kappa shape index (κ3) is 5.87. The Morgan fingerprint density at radius 1 is 1.12 bits per heavy atom. The van der Waals surface area contributed by atoms with Gasteiger partial charge in [0.1, 0.15) is 5.75 Å². The van der Waals surface area contributed by atoms with Gasteiger partial charge >= 0.3 is 0 Å². The number of benzene rings is 2. The number of amides is 1. The highest BCUT2D eigenvalue weighted by molar-refractivity contribution is 5.85. The van der Waals surface area contributed by atoms with Gasteiger partial charge < -0.3 is 15.4 Å². The molecule has 0 fully saturated rings. The van der Waals surface area contributed by atoms with Crippen LogP contribution >= 0.6 is 12.4 Å². The van der Waals surface area contributed by atoms with Gasteiger partial charge in [-0.15, -0.1) is 12.4 Å². The third-order valence-corrected chi connectivity index (χ3v) is 3.70. The van der Waals surface area contributed by atoms with Gasteiger partial charge in [-0.05, 0) is 30.2 Å². The number of hydrogen-bond donors (Lipinski definition) is 1. The Hall–Kier alpha value is -2.04. The van der Waals surface area contributed by atoms with Crippen LogP contribution < -0.4 is 10.5 Å². The number of carbonyl (C=O) groups excluding carboxylic acids is 1. The van der Waals surface area contributed by atoms with Gasteiger partial charge in [-0.1, -0.05) is 42.5 Å². The van der Waals surface area contributed by atoms with Crippen LogP contribution in [-0.2, 0) is 11.3 Å². The van der Waals surface area contributed by atoms with Gasteiger partial charge in [-0.2, -0.15) is 0 Å². The van der Waals surface area contributed by atoms with Crippen molar-refractivity contribution in [3.05, 3.63) is 65.7 Å². The molecule has 0 bridgehead atoms. The zero-order valence-corrected chi connectivity index (χ0v) is 15.0. The number of nitrogens with two attached hydrogens (primary N) is 1. The van der Waals surface area contributed by atoms with Crippen molar-refractivity contribution in [3.63, 3.8) is 0 Å². The SMILES string of the molecule is CCOc1ccc(CN(C)C(=O)CC(N)c2ccccc2)cc1.Cl. The zero-order valence-electron chi connectivity index (χ0n) is 14.1. The molecular weight excluding hydrogens is 324 g/mol. The van der Waals surface area contributed by atoms with Gasteiger partial charge in [-0.3, -0.25) is 4.79 Å². The molecule has 0 saturated heterocycles. The lowest BCUT2D eigenvalue weighted by Gasteiger charge is -2.20. The molecule has 1 unspecified atom stereocenters. The molecule has 2 aromatic rings. The lowest BCUT2D eigenvalue weighted by molar-refractivity contribution is -0.130. The first-order valence-corrected chi connectivity index (χ1v) is 7.86. The molecule has 130 valence electrons. The molecule has 24 heavy (non-hydrogen) atoms. The smallest absolute Gasteiger partial charge is 0.224 e. The highest BCUT2D eigenvalue weighted by Gasteiger charge is 2.15. The van der Waals surface area contributed by atoms with Crippen LogP contribution in [0.15, 0.2) is 54.6 Å². The number of halogens is 1. The van der Waals surface area contributed by atoms with Crippen molar-refractivity contribution in [1.29, 1.82) is 0 Å². The van der Waals surface area contributed by atoms with Crippen molar-refractivity contribution in [1.82, 2.24) is 4.90 Å². The van der Waals surface area contributed by atoms with E-state index in [2.05, 4.69) is 0 Å². The van der Waals surface area contributed by atoms with Gasteiger partial charge in [0, 0.05) is 26.1 Å². The maximum atomic E-state index is 12.3.